The number of methoxy groups -OCH3 is 1. The van der Waals surface area contributed by atoms with Crippen molar-refractivity contribution in [3.63, 3.8) is 0 Å². The van der Waals surface area contributed by atoms with Crippen LogP contribution in [0.15, 0.2) is 45.4 Å². The maximum absolute atomic E-state index is 13.8. The van der Waals surface area contributed by atoms with Crippen LogP contribution in [0.25, 0.3) is 0 Å². The van der Waals surface area contributed by atoms with Crippen molar-refractivity contribution in [1.29, 1.82) is 4.78 Å². The smallest absolute Gasteiger partial charge is 0.261 e. The number of aromatic nitrogens is 1. The van der Waals surface area contributed by atoms with Crippen LogP contribution in [0.3, 0.4) is 0 Å². The highest BCUT2D eigenvalue weighted by molar-refractivity contribution is 7.95. The average Bonchev–Trinajstić information content (AvgIpc) is 2.70. The molecule has 0 saturated heterocycles. The first kappa shape index (κ1) is 20.8. The van der Waals surface area contributed by atoms with E-state index < -0.39 is 27.0 Å². The molecule has 9 heteroatoms. The molecule has 1 atom stereocenters. The lowest BCUT2D eigenvalue weighted by Crippen LogP contribution is -2.31. The summed E-state index contributed by atoms with van der Waals surface area (Å²) in [5.74, 6) is -1.26. The number of aromatic amines is 1. The third-order valence-electron chi connectivity index (χ3n) is 4.72. The van der Waals surface area contributed by atoms with E-state index in [0.29, 0.717) is 0 Å². The highest BCUT2D eigenvalue weighted by atomic mass is 32.2. The fourth-order valence-electron chi connectivity index (χ4n) is 3.19. The molecule has 1 aromatic heterocycles. The zero-order valence-electron chi connectivity index (χ0n) is 15.9. The number of ether oxygens (including phenoxy) is 1. The maximum atomic E-state index is 13.8. The second-order valence-electron chi connectivity index (χ2n) is 6.70. The van der Waals surface area contributed by atoms with Gasteiger partial charge in [-0.1, -0.05) is 6.08 Å². The number of rotatable bonds is 6. The van der Waals surface area contributed by atoms with Crippen molar-refractivity contribution in [2.75, 3.05) is 13.7 Å². The number of fused-ring (bicyclic) bond motifs is 1. The van der Waals surface area contributed by atoms with Crippen LogP contribution in [-0.4, -0.2) is 28.8 Å². The largest absolute Gasteiger partial charge is 0.494 e. The highest BCUT2D eigenvalue weighted by Crippen LogP contribution is 2.22. The number of benzene rings is 1. The third-order valence-corrected chi connectivity index (χ3v) is 6.25. The van der Waals surface area contributed by atoms with Gasteiger partial charge in [-0.3, -0.25) is 9.59 Å². The molecule has 1 amide bonds. The number of pyridine rings is 1. The standard InChI is InChI=1S/C20H22FN3O4S/c1-28-18-8-7-14(12-16(18)21)29(22,27)10-4-9-23-19(25)15-11-13-5-2-3-6-17(13)24-20(15)26/h4,7-8,10-12,22H,2-3,5-6,9H2,1H3,(H,23,25)(H,24,26)/b10-4+. The molecule has 1 aliphatic carbocycles. The monoisotopic (exact) mass is 419 g/mol. The van der Waals surface area contributed by atoms with Crippen molar-refractivity contribution < 1.29 is 18.1 Å². The predicted octanol–water partition coefficient (Wildman–Crippen LogP) is 2.75. The predicted molar refractivity (Wildman–Crippen MR) is 107 cm³/mol. The van der Waals surface area contributed by atoms with Crippen molar-refractivity contribution in [1.82, 2.24) is 10.3 Å². The van der Waals surface area contributed by atoms with Crippen LogP contribution in [0.2, 0.25) is 0 Å². The molecule has 1 heterocycles. The molecule has 1 aliphatic rings. The molecule has 29 heavy (non-hydrogen) atoms. The van der Waals surface area contributed by atoms with E-state index in [-0.39, 0.29) is 22.8 Å². The third kappa shape index (κ3) is 4.73. The quantitative estimate of drug-likeness (QED) is 0.668. The summed E-state index contributed by atoms with van der Waals surface area (Å²) in [6.45, 7) is -0.0239. The van der Waals surface area contributed by atoms with Crippen LogP contribution in [0.5, 0.6) is 5.75 Å². The zero-order valence-corrected chi connectivity index (χ0v) is 16.7. The first-order chi connectivity index (χ1) is 13.8. The molecule has 0 saturated carbocycles. The molecule has 2 aromatic rings. The number of carbonyl (C=O) groups is 1. The number of aryl methyl sites for hydroxylation is 2. The first-order valence-electron chi connectivity index (χ1n) is 9.14. The van der Waals surface area contributed by atoms with E-state index >= 15 is 0 Å². The lowest BCUT2D eigenvalue weighted by Gasteiger charge is -2.15. The van der Waals surface area contributed by atoms with Crippen molar-refractivity contribution in [3.05, 3.63) is 68.7 Å². The second-order valence-corrected chi connectivity index (χ2v) is 8.65. The van der Waals surface area contributed by atoms with Gasteiger partial charge in [-0.15, -0.1) is 0 Å². The van der Waals surface area contributed by atoms with E-state index in [2.05, 4.69) is 10.3 Å². The minimum absolute atomic E-state index is 0.00420. The van der Waals surface area contributed by atoms with Gasteiger partial charge in [0.15, 0.2) is 11.6 Å². The van der Waals surface area contributed by atoms with Crippen molar-refractivity contribution in [2.24, 2.45) is 0 Å². The SMILES string of the molecule is COc1ccc(S(=N)(=O)/C=C/CNC(=O)c2cc3c([nH]c2=O)CCCC3)cc1F. The molecule has 3 N–H and O–H groups in total. The van der Waals surface area contributed by atoms with E-state index in [1.54, 1.807) is 6.07 Å². The molecular formula is C20H22FN3O4S. The zero-order chi connectivity index (χ0) is 21.0. The Morgan fingerprint density at radius 2 is 2.10 bits per heavy atom. The van der Waals surface area contributed by atoms with Crippen LogP contribution in [0, 0.1) is 10.6 Å². The summed E-state index contributed by atoms with van der Waals surface area (Å²) in [6, 6.07) is 5.27. The number of carbonyl (C=O) groups excluding carboxylic acids is 1. The van der Waals surface area contributed by atoms with Crippen LogP contribution < -0.4 is 15.6 Å². The Balaban J connectivity index is 1.66. The summed E-state index contributed by atoms with van der Waals surface area (Å²) in [6.07, 6.45) is 5.02. The molecule has 0 radical (unpaired) electrons. The average molecular weight is 419 g/mol. The minimum atomic E-state index is -3.39. The van der Waals surface area contributed by atoms with E-state index in [0.717, 1.165) is 48.4 Å². The molecular weight excluding hydrogens is 397 g/mol. The first-order valence-corrected chi connectivity index (χ1v) is 10.8. The molecule has 154 valence electrons. The normalized spacial score (nSPS) is 15.5. The van der Waals surface area contributed by atoms with Crippen molar-refractivity contribution in [2.45, 2.75) is 30.6 Å². The maximum Gasteiger partial charge on any atom is 0.261 e. The Morgan fingerprint density at radius 3 is 2.83 bits per heavy atom. The van der Waals surface area contributed by atoms with Gasteiger partial charge in [0.1, 0.15) is 5.56 Å². The van der Waals surface area contributed by atoms with E-state index in [4.69, 9.17) is 9.52 Å². The summed E-state index contributed by atoms with van der Waals surface area (Å²) < 4.78 is 39.0. The Kier molecular flexibility index (Phi) is 6.17. The van der Waals surface area contributed by atoms with Crippen LogP contribution in [-0.2, 0) is 22.6 Å². The van der Waals surface area contributed by atoms with E-state index in [9.17, 15) is 18.2 Å². The van der Waals surface area contributed by atoms with Crippen molar-refractivity contribution >= 4 is 15.6 Å². The van der Waals surface area contributed by atoms with Crippen LogP contribution in [0.1, 0.15) is 34.5 Å². The lowest BCUT2D eigenvalue weighted by atomic mass is 9.95. The van der Waals surface area contributed by atoms with E-state index in [1.807, 2.05) is 0 Å². The Labute approximate surface area is 168 Å². The molecule has 0 aliphatic heterocycles. The van der Waals surface area contributed by atoms with Gasteiger partial charge in [0.2, 0.25) is 0 Å². The van der Waals surface area contributed by atoms with Gasteiger partial charge in [0, 0.05) is 17.6 Å². The number of amides is 1. The Hall–Kier alpha value is -2.94. The van der Waals surface area contributed by atoms with Gasteiger partial charge < -0.3 is 15.0 Å². The minimum Gasteiger partial charge on any atom is -0.494 e. The fraction of sp³-hybridized carbons (Fsp3) is 0.300. The van der Waals surface area contributed by atoms with Crippen LogP contribution >= 0.6 is 0 Å². The number of hydrogen-bond donors (Lipinski definition) is 3. The molecule has 1 aromatic carbocycles. The van der Waals surface area contributed by atoms with E-state index in [1.165, 1.54) is 25.3 Å². The summed E-state index contributed by atoms with van der Waals surface area (Å²) in [5.41, 5.74) is 1.46. The topological polar surface area (TPSA) is 112 Å². The summed E-state index contributed by atoms with van der Waals surface area (Å²) in [5, 5.41) is 3.65. The van der Waals surface area contributed by atoms with Gasteiger partial charge in [-0.25, -0.2) is 13.4 Å². The summed E-state index contributed by atoms with van der Waals surface area (Å²) in [4.78, 5) is 27.2. The number of nitrogens with one attached hydrogen (secondary N) is 3. The number of hydrogen-bond acceptors (Lipinski definition) is 5. The Bertz CT molecular complexity index is 1120. The molecule has 7 nitrogen and oxygen atoms in total. The summed E-state index contributed by atoms with van der Waals surface area (Å²) >= 11 is 0. The fourth-order valence-corrected chi connectivity index (χ4v) is 4.26. The van der Waals surface area contributed by atoms with Gasteiger partial charge in [-0.05, 0) is 55.5 Å². The Morgan fingerprint density at radius 1 is 1.34 bits per heavy atom. The van der Waals surface area contributed by atoms with Gasteiger partial charge in [0.25, 0.3) is 11.5 Å². The van der Waals surface area contributed by atoms with Gasteiger partial charge in [0.05, 0.1) is 21.7 Å². The summed E-state index contributed by atoms with van der Waals surface area (Å²) in [7, 11) is -2.07. The molecule has 3 rings (SSSR count). The molecule has 0 fully saturated rings. The molecule has 0 bridgehead atoms. The number of halogens is 1. The second kappa shape index (κ2) is 8.60. The van der Waals surface area contributed by atoms with Gasteiger partial charge in [-0.2, -0.15) is 0 Å². The van der Waals surface area contributed by atoms with Crippen LogP contribution in [0.4, 0.5) is 4.39 Å². The highest BCUT2D eigenvalue weighted by Gasteiger charge is 2.16. The van der Waals surface area contributed by atoms with Crippen molar-refractivity contribution in [3.8, 4) is 5.75 Å². The number of H-pyrrole nitrogens is 1. The molecule has 0 spiro atoms. The van der Waals surface area contributed by atoms with Gasteiger partial charge >= 0.3 is 0 Å². The lowest BCUT2D eigenvalue weighted by molar-refractivity contribution is 0.0956. The molecule has 1 unspecified atom stereocenters.